The summed E-state index contributed by atoms with van der Waals surface area (Å²) in [4.78, 5) is 6.67. The lowest BCUT2D eigenvalue weighted by molar-refractivity contribution is 0.0865. The fraction of sp³-hybridized carbons (Fsp3) is 0.619. The third-order valence-corrected chi connectivity index (χ3v) is 5.87. The highest BCUT2D eigenvalue weighted by Crippen LogP contribution is 2.35. The van der Waals surface area contributed by atoms with Crippen LogP contribution in [0.4, 0.5) is 0 Å². The second-order valence-corrected chi connectivity index (χ2v) is 8.38. The van der Waals surface area contributed by atoms with Crippen LogP contribution in [0.1, 0.15) is 48.4 Å². The first kappa shape index (κ1) is 16.5. The minimum absolute atomic E-state index is 0.431. The lowest BCUT2D eigenvalue weighted by Crippen LogP contribution is -2.36. The Labute approximate surface area is 155 Å². The Kier molecular flexibility index (Phi) is 4.51. The van der Waals surface area contributed by atoms with Crippen molar-refractivity contribution in [3.63, 3.8) is 0 Å². The molecule has 0 amide bonds. The van der Waals surface area contributed by atoms with Crippen molar-refractivity contribution in [3.05, 3.63) is 47.5 Å². The van der Waals surface area contributed by atoms with E-state index >= 15 is 0 Å². The van der Waals surface area contributed by atoms with Crippen LogP contribution in [0.2, 0.25) is 0 Å². The highest BCUT2D eigenvalue weighted by Gasteiger charge is 2.32. The van der Waals surface area contributed by atoms with Gasteiger partial charge in [-0.05, 0) is 55.2 Å². The maximum absolute atomic E-state index is 6.12. The van der Waals surface area contributed by atoms with Gasteiger partial charge in [0.25, 0.3) is 0 Å². The summed E-state index contributed by atoms with van der Waals surface area (Å²) < 4.78 is 8.41. The number of hydrogen-bond donors (Lipinski definition) is 0. The highest BCUT2D eigenvalue weighted by atomic mass is 16.5. The Bertz CT molecular complexity index is 736. The second kappa shape index (κ2) is 7.12. The van der Waals surface area contributed by atoms with Crippen molar-refractivity contribution in [3.8, 4) is 0 Å². The minimum atomic E-state index is 0.431. The van der Waals surface area contributed by atoms with Crippen molar-refractivity contribution < 1.29 is 4.74 Å². The number of aromatic nitrogens is 3. The lowest BCUT2D eigenvalue weighted by Gasteiger charge is -2.33. The van der Waals surface area contributed by atoms with E-state index in [0.29, 0.717) is 5.92 Å². The third kappa shape index (κ3) is 3.84. The summed E-state index contributed by atoms with van der Waals surface area (Å²) in [6.45, 7) is 5.87. The molecule has 1 aliphatic heterocycles. The Morgan fingerprint density at radius 2 is 1.85 bits per heavy atom. The zero-order valence-electron chi connectivity index (χ0n) is 15.4. The molecule has 3 aliphatic rings. The first-order valence-electron chi connectivity index (χ1n) is 10.1. The number of ether oxygens (including phenoxy) is 1. The summed E-state index contributed by atoms with van der Waals surface area (Å²) in [5.41, 5.74) is 4.16. The van der Waals surface area contributed by atoms with Crippen LogP contribution < -0.4 is 0 Å². The van der Waals surface area contributed by atoms with E-state index in [9.17, 15) is 0 Å². The molecule has 0 radical (unpaired) electrons. The summed E-state index contributed by atoms with van der Waals surface area (Å²) in [5, 5.41) is 4.75. The van der Waals surface area contributed by atoms with Gasteiger partial charge in [-0.2, -0.15) is 5.10 Å². The molecule has 5 rings (SSSR count). The van der Waals surface area contributed by atoms with E-state index in [-0.39, 0.29) is 0 Å². The molecule has 1 atom stereocenters. The van der Waals surface area contributed by atoms with E-state index in [1.165, 1.54) is 42.5 Å². The summed E-state index contributed by atoms with van der Waals surface area (Å²) in [5.74, 6) is 2.10. The zero-order chi connectivity index (χ0) is 17.3. The van der Waals surface area contributed by atoms with E-state index in [1.807, 2.05) is 12.4 Å². The minimum Gasteiger partial charge on any atom is -0.380 e. The average molecular weight is 352 g/mol. The molecule has 0 saturated heterocycles. The maximum atomic E-state index is 6.12. The maximum Gasteiger partial charge on any atom is 0.0562 e. The molecular weight excluding hydrogens is 324 g/mol. The molecule has 2 aliphatic carbocycles. The molecule has 138 valence electrons. The fourth-order valence-corrected chi connectivity index (χ4v) is 4.08. The molecule has 2 saturated carbocycles. The van der Waals surface area contributed by atoms with Gasteiger partial charge in [-0.3, -0.25) is 14.6 Å². The summed E-state index contributed by atoms with van der Waals surface area (Å²) in [6.07, 6.45) is 11.3. The largest absolute Gasteiger partial charge is 0.380 e. The Morgan fingerprint density at radius 3 is 2.62 bits per heavy atom. The molecule has 0 aromatic carbocycles. The quantitative estimate of drug-likeness (QED) is 0.732. The molecule has 0 N–H and O–H groups in total. The molecule has 26 heavy (non-hydrogen) atoms. The van der Waals surface area contributed by atoms with Crippen LogP contribution in [0.5, 0.6) is 0 Å². The number of hydrogen-bond acceptors (Lipinski definition) is 4. The second-order valence-electron chi connectivity index (χ2n) is 8.38. The predicted molar refractivity (Wildman–Crippen MR) is 99.6 cm³/mol. The van der Waals surface area contributed by atoms with Gasteiger partial charge >= 0.3 is 0 Å². The average Bonchev–Trinajstić information content (AvgIpc) is 3.57. The molecule has 2 aromatic rings. The van der Waals surface area contributed by atoms with Crippen molar-refractivity contribution in [2.45, 2.75) is 51.2 Å². The fourth-order valence-electron chi connectivity index (χ4n) is 4.08. The van der Waals surface area contributed by atoms with E-state index in [1.54, 1.807) is 0 Å². The van der Waals surface area contributed by atoms with Crippen LogP contribution in [-0.2, 0) is 24.4 Å². The Morgan fingerprint density at radius 1 is 1.04 bits per heavy atom. The van der Waals surface area contributed by atoms with Crippen LogP contribution in [0, 0.1) is 11.8 Å². The van der Waals surface area contributed by atoms with Crippen LogP contribution in [0.15, 0.2) is 30.7 Å². The lowest BCUT2D eigenvalue weighted by atomic mass is 9.96. The predicted octanol–water partition coefficient (Wildman–Crippen LogP) is 3.21. The van der Waals surface area contributed by atoms with Gasteiger partial charge in [-0.15, -0.1) is 0 Å². The van der Waals surface area contributed by atoms with E-state index in [4.69, 9.17) is 9.84 Å². The molecule has 0 bridgehead atoms. The molecule has 5 heteroatoms. The van der Waals surface area contributed by atoms with Gasteiger partial charge in [0.05, 0.1) is 12.8 Å². The molecule has 0 unspecified atom stereocenters. The molecule has 5 nitrogen and oxygen atoms in total. The highest BCUT2D eigenvalue weighted by molar-refractivity contribution is 5.26. The molecule has 3 heterocycles. The smallest absolute Gasteiger partial charge is 0.0562 e. The standard InChI is InChI=1S/C21H28N4O/c1-2-16(1)11-25-21-19(9-23-25)12-24(10-17-5-7-22-8-6-17)13-20(21)15-26-14-18-3-4-18/h5-9,16,18,20H,1-4,10-15H2/t20-/m1/s1. The first-order valence-corrected chi connectivity index (χ1v) is 10.1. The van der Waals surface area contributed by atoms with Crippen molar-refractivity contribution in [1.29, 1.82) is 0 Å². The van der Waals surface area contributed by atoms with E-state index in [0.717, 1.165) is 51.2 Å². The summed E-state index contributed by atoms with van der Waals surface area (Å²) in [7, 11) is 0. The van der Waals surface area contributed by atoms with Gasteiger partial charge in [0, 0.05) is 62.4 Å². The SMILES string of the molecule is c1cc(CN2Cc3cnn(CC4CC4)c3[C@@H](COCC3CC3)C2)ccn1. The Hall–Kier alpha value is -1.72. The van der Waals surface area contributed by atoms with E-state index < -0.39 is 0 Å². The number of pyridine rings is 1. The van der Waals surface area contributed by atoms with Crippen LogP contribution >= 0.6 is 0 Å². The molecule has 2 fully saturated rings. The van der Waals surface area contributed by atoms with Crippen LogP contribution in [0.25, 0.3) is 0 Å². The van der Waals surface area contributed by atoms with Gasteiger partial charge in [-0.1, -0.05) is 0 Å². The van der Waals surface area contributed by atoms with Crippen molar-refractivity contribution in [2.75, 3.05) is 19.8 Å². The molecule has 0 spiro atoms. The summed E-state index contributed by atoms with van der Waals surface area (Å²) >= 11 is 0. The Balaban J connectivity index is 1.32. The van der Waals surface area contributed by atoms with Crippen molar-refractivity contribution in [1.82, 2.24) is 19.7 Å². The number of rotatable bonds is 8. The summed E-state index contributed by atoms with van der Waals surface area (Å²) in [6, 6.07) is 4.23. The normalized spacial score (nSPS) is 23.2. The molecular formula is C21H28N4O. The monoisotopic (exact) mass is 352 g/mol. The van der Waals surface area contributed by atoms with Gasteiger partial charge in [0.2, 0.25) is 0 Å². The third-order valence-electron chi connectivity index (χ3n) is 5.87. The van der Waals surface area contributed by atoms with Gasteiger partial charge < -0.3 is 4.74 Å². The van der Waals surface area contributed by atoms with Crippen molar-refractivity contribution >= 4 is 0 Å². The topological polar surface area (TPSA) is 43.2 Å². The van der Waals surface area contributed by atoms with Gasteiger partial charge in [0.15, 0.2) is 0 Å². The zero-order valence-corrected chi connectivity index (χ0v) is 15.4. The van der Waals surface area contributed by atoms with Crippen LogP contribution in [-0.4, -0.2) is 39.4 Å². The number of fused-ring (bicyclic) bond motifs is 1. The van der Waals surface area contributed by atoms with E-state index in [2.05, 4.69) is 32.9 Å². The van der Waals surface area contributed by atoms with Gasteiger partial charge in [0.1, 0.15) is 0 Å². The number of nitrogens with zero attached hydrogens (tertiary/aromatic N) is 4. The van der Waals surface area contributed by atoms with Gasteiger partial charge in [-0.25, -0.2) is 0 Å². The molecule has 2 aromatic heterocycles. The first-order chi connectivity index (χ1) is 12.8. The van der Waals surface area contributed by atoms with Crippen molar-refractivity contribution in [2.24, 2.45) is 11.8 Å². The van der Waals surface area contributed by atoms with Crippen LogP contribution in [0.3, 0.4) is 0 Å².